The van der Waals surface area contributed by atoms with Gasteiger partial charge < -0.3 is 14.7 Å². The summed E-state index contributed by atoms with van der Waals surface area (Å²) in [6, 6.07) is 1.22. The Hall–Kier alpha value is -1.20. The van der Waals surface area contributed by atoms with E-state index in [1.54, 1.807) is 19.5 Å². The molecule has 1 N–H and O–H groups in total. The first-order valence-electron chi connectivity index (χ1n) is 6.95. The molecule has 2 aliphatic heterocycles. The number of hydrogen-bond acceptors (Lipinski definition) is 5. The fourth-order valence-electron chi connectivity index (χ4n) is 3.63. The summed E-state index contributed by atoms with van der Waals surface area (Å²) in [6.45, 7) is 0. The first-order valence-corrected chi connectivity index (χ1v) is 6.95. The number of aromatic nitrogens is 2. The van der Waals surface area contributed by atoms with E-state index in [2.05, 4.69) is 21.9 Å². The van der Waals surface area contributed by atoms with Crippen molar-refractivity contribution in [3.05, 3.63) is 18.1 Å². The molecule has 19 heavy (non-hydrogen) atoms. The second-order valence-electron chi connectivity index (χ2n) is 5.68. The maximum atomic E-state index is 10.6. The zero-order valence-corrected chi connectivity index (χ0v) is 11.5. The van der Waals surface area contributed by atoms with Crippen LogP contribution in [0.25, 0.3) is 0 Å². The molecule has 3 unspecified atom stereocenters. The van der Waals surface area contributed by atoms with E-state index in [9.17, 15) is 5.11 Å². The highest BCUT2D eigenvalue weighted by Crippen LogP contribution is 2.43. The van der Waals surface area contributed by atoms with Gasteiger partial charge in [0.2, 0.25) is 5.88 Å². The van der Waals surface area contributed by atoms with Crippen molar-refractivity contribution < 1.29 is 9.84 Å². The Bertz CT molecular complexity index is 440. The van der Waals surface area contributed by atoms with Crippen molar-refractivity contribution in [2.24, 2.45) is 5.92 Å². The van der Waals surface area contributed by atoms with Crippen LogP contribution in [0.1, 0.15) is 37.5 Å². The second kappa shape index (κ2) is 5.06. The highest BCUT2D eigenvalue weighted by Gasteiger charge is 2.41. The average Bonchev–Trinajstić information content (AvgIpc) is 2.68. The molecule has 0 spiro atoms. The molecule has 0 aromatic carbocycles. The Morgan fingerprint density at radius 1 is 1.26 bits per heavy atom. The van der Waals surface area contributed by atoms with E-state index in [0.717, 1.165) is 12.8 Å². The number of piperidine rings is 1. The number of aliphatic hydroxyl groups is 1. The maximum absolute atomic E-state index is 10.6. The molecule has 3 atom stereocenters. The van der Waals surface area contributed by atoms with Gasteiger partial charge in [-0.3, -0.25) is 4.98 Å². The lowest BCUT2D eigenvalue weighted by Gasteiger charge is -2.38. The topological polar surface area (TPSA) is 58.5 Å². The summed E-state index contributed by atoms with van der Waals surface area (Å²) in [5.41, 5.74) is 0.582. The van der Waals surface area contributed by atoms with Gasteiger partial charge in [-0.15, -0.1) is 0 Å². The van der Waals surface area contributed by atoms with E-state index in [0.29, 0.717) is 23.7 Å². The molecule has 5 heteroatoms. The molecule has 2 saturated heterocycles. The minimum absolute atomic E-state index is 0.263. The standard InChI is InChI=1S/C14H21N3O2/c1-17-10-3-4-11(17)8-9(7-10)13(18)12-14(19-2)16-6-5-15-12/h5-6,9-11,13,18H,3-4,7-8H2,1-2H3. The van der Waals surface area contributed by atoms with Crippen LogP contribution >= 0.6 is 0 Å². The van der Waals surface area contributed by atoms with Crippen LogP contribution in [0, 0.1) is 5.92 Å². The predicted octanol–water partition coefficient (Wildman–Crippen LogP) is 1.39. The molecular weight excluding hydrogens is 242 g/mol. The number of fused-ring (bicyclic) bond motifs is 2. The molecule has 2 bridgehead atoms. The zero-order chi connectivity index (χ0) is 13.4. The number of hydrogen-bond donors (Lipinski definition) is 1. The Kier molecular flexibility index (Phi) is 3.41. The van der Waals surface area contributed by atoms with Gasteiger partial charge >= 0.3 is 0 Å². The van der Waals surface area contributed by atoms with E-state index in [1.807, 2.05) is 0 Å². The van der Waals surface area contributed by atoms with Crippen LogP contribution in [-0.4, -0.2) is 46.2 Å². The highest BCUT2D eigenvalue weighted by atomic mass is 16.5. The smallest absolute Gasteiger partial charge is 0.238 e. The summed E-state index contributed by atoms with van der Waals surface area (Å²) in [6.07, 6.45) is 7.21. The summed E-state index contributed by atoms with van der Waals surface area (Å²) >= 11 is 0. The molecule has 0 radical (unpaired) electrons. The van der Waals surface area contributed by atoms with E-state index in [4.69, 9.17) is 4.74 Å². The van der Waals surface area contributed by atoms with Crippen LogP contribution in [0.2, 0.25) is 0 Å². The SMILES string of the molecule is COc1nccnc1C(O)C1CC2CCC(C1)N2C. The van der Waals surface area contributed by atoms with Crippen molar-refractivity contribution in [2.75, 3.05) is 14.2 Å². The molecule has 0 saturated carbocycles. The van der Waals surface area contributed by atoms with E-state index < -0.39 is 6.10 Å². The molecule has 5 nitrogen and oxygen atoms in total. The molecule has 2 fully saturated rings. The van der Waals surface area contributed by atoms with Crippen LogP contribution < -0.4 is 4.74 Å². The van der Waals surface area contributed by atoms with Crippen molar-refractivity contribution in [1.82, 2.24) is 14.9 Å². The van der Waals surface area contributed by atoms with Gasteiger partial charge in [0, 0.05) is 24.5 Å². The minimum Gasteiger partial charge on any atom is -0.480 e. The van der Waals surface area contributed by atoms with Gasteiger partial charge in [0.15, 0.2) is 0 Å². The van der Waals surface area contributed by atoms with Crippen LogP contribution in [-0.2, 0) is 0 Å². The normalized spacial score (nSPS) is 32.3. The largest absolute Gasteiger partial charge is 0.480 e. The number of ether oxygens (including phenoxy) is 1. The third-order valence-corrected chi connectivity index (χ3v) is 4.75. The van der Waals surface area contributed by atoms with Crippen molar-refractivity contribution in [3.63, 3.8) is 0 Å². The van der Waals surface area contributed by atoms with Gasteiger partial charge in [-0.05, 0) is 38.6 Å². The Balaban J connectivity index is 1.79. The number of nitrogens with zero attached hydrogens (tertiary/aromatic N) is 3. The molecule has 3 rings (SSSR count). The zero-order valence-electron chi connectivity index (χ0n) is 11.5. The molecule has 104 valence electrons. The lowest BCUT2D eigenvalue weighted by Crippen LogP contribution is -2.41. The summed E-state index contributed by atoms with van der Waals surface area (Å²) in [4.78, 5) is 10.9. The maximum Gasteiger partial charge on any atom is 0.238 e. The number of aliphatic hydroxyl groups excluding tert-OH is 1. The minimum atomic E-state index is -0.569. The Morgan fingerprint density at radius 3 is 2.53 bits per heavy atom. The summed E-state index contributed by atoms with van der Waals surface area (Å²) < 4.78 is 5.20. The average molecular weight is 263 g/mol. The number of methoxy groups -OCH3 is 1. The van der Waals surface area contributed by atoms with Crippen LogP contribution in [0.5, 0.6) is 5.88 Å². The summed E-state index contributed by atoms with van der Waals surface area (Å²) in [5, 5.41) is 10.6. The molecule has 3 heterocycles. The van der Waals surface area contributed by atoms with Gasteiger partial charge in [-0.2, -0.15) is 0 Å². The second-order valence-corrected chi connectivity index (χ2v) is 5.68. The third kappa shape index (κ3) is 2.21. The van der Waals surface area contributed by atoms with Gasteiger partial charge in [-0.1, -0.05) is 0 Å². The van der Waals surface area contributed by atoms with Crippen LogP contribution in [0.3, 0.4) is 0 Å². The van der Waals surface area contributed by atoms with Crippen molar-refractivity contribution in [2.45, 2.75) is 43.9 Å². The van der Waals surface area contributed by atoms with Crippen molar-refractivity contribution in [3.8, 4) is 5.88 Å². The van der Waals surface area contributed by atoms with Crippen molar-refractivity contribution in [1.29, 1.82) is 0 Å². The first kappa shape index (κ1) is 12.8. The Morgan fingerprint density at radius 2 is 1.89 bits per heavy atom. The summed E-state index contributed by atoms with van der Waals surface area (Å²) in [7, 11) is 3.77. The van der Waals surface area contributed by atoms with Gasteiger partial charge in [0.05, 0.1) is 7.11 Å². The Labute approximate surface area is 113 Å². The van der Waals surface area contributed by atoms with Crippen molar-refractivity contribution >= 4 is 0 Å². The van der Waals surface area contributed by atoms with Gasteiger partial charge in [0.25, 0.3) is 0 Å². The lowest BCUT2D eigenvalue weighted by atomic mass is 9.85. The molecule has 2 aliphatic rings. The third-order valence-electron chi connectivity index (χ3n) is 4.75. The van der Waals surface area contributed by atoms with Crippen LogP contribution in [0.15, 0.2) is 12.4 Å². The molecule has 0 aliphatic carbocycles. The monoisotopic (exact) mass is 263 g/mol. The fourth-order valence-corrected chi connectivity index (χ4v) is 3.63. The molecular formula is C14H21N3O2. The molecule has 1 aromatic heterocycles. The van der Waals surface area contributed by atoms with Gasteiger partial charge in [-0.25, -0.2) is 4.98 Å². The molecule has 1 aromatic rings. The highest BCUT2D eigenvalue weighted by molar-refractivity contribution is 5.21. The fraction of sp³-hybridized carbons (Fsp3) is 0.714. The van der Waals surface area contributed by atoms with E-state index >= 15 is 0 Å². The quantitative estimate of drug-likeness (QED) is 0.893. The first-order chi connectivity index (χ1) is 9.20. The lowest BCUT2D eigenvalue weighted by molar-refractivity contribution is 0.0315. The summed E-state index contributed by atoms with van der Waals surface area (Å²) in [5.74, 6) is 0.709. The van der Waals surface area contributed by atoms with Crippen LogP contribution in [0.4, 0.5) is 0 Å². The number of rotatable bonds is 3. The van der Waals surface area contributed by atoms with E-state index in [1.165, 1.54) is 12.8 Å². The van der Waals surface area contributed by atoms with Gasteiger partial charge in [0.1, 0.15) is 11.8 Å². The molecule has 0 amide bonds. The predicted molar refractivity (Wildman–Crippen MR) is 70.8 cm³/mol. The van der Waals surface area contributed by atoms with E-state index in [-0.39, 0.29) is 5.92 Å².